The molecule has 0 unspecified atom stereocenters. The Morgan fingerprint density at radius 2 is 1.92 bits per heavy atom. The lowest BCUT2D eigenvalue weighted by Crippen LogP contribution is -2.27. The molecule has 0 fully saturated rings. The number of nitrogens with zero attached hydrogens (tertiary/aromatic N) is 7. The summed E-state index contributed by atoms with van der Waals surface area (Å²) in [5.41, 5.74) is 3.64. The minimum absolute atomic E-state index is 0.118. The Hall–Kier alpha value is -4.18. The van der Waals surface area contributed by atoms with E-state index >= 15 is 0 Å². The molecule has 0 bridgehead atoms. The maximum atomic E-state index is 13.6. The van der Waals surface area contributed by atoms with Crippen molar-refractivity contribution in [3.05, 3.63) is 77.5 Å². The number of halogens is 1. The Kier molecular flexibility index (Phi) is 6.19. The number of carbonyl (C=O) groups excluding carboxylic acids is 1. The quantitative estimate of drug-likeness (QED) is 0.427. The summed E-state index contributed by atoms with van der Waals surface area (Å²) in [5, 5.41) is 11.4. The van der Waals surface area contributed by atoms with Crippen molar-refractivity contribution >= 4 is 17.5 Å². The fourth-order valence-corrected chi connectivity index (χ4v) is 4.19. The van der Waals surface area contributed by atoms with Crippen LogP contribution in [0, 0.1) is 5.82 Å². The number of aromatic nitrogens is 5. The molecule has 0 atom stereocenters. The van der Waals surface area contributed by atoms with Crippen LogP contribution in [-0.2, 0) is 13.1 Å². The summed E-state index contributed by atoms with van der Waals surface area (Å²) in [6.45, 7) is 5.10. The van der Waals surface area contributed by atoms with Crippen molar-refractivity contribution in [2.75, 3.05) is 23.9 Å². The third kappa shape index (κ3) is 4.20. The zero-order chi connectivity index (χ0) is 25.4. The van der Waals surface area contributed by atoms with Gasteiger partial charge in [-0.05, 0) is 63.4 Å². The van der Waals surface area contributed by atoms with Crippen LogP contribution in [0.25, 0.3) is 17.2 Å². The average molecular weight is 487 g/mol. The fraction of sp³-hybridized carbons (Fsp3) is 0.269. The van der Waals surface area contributed by atoms with Crippen molar-refractivity contribution in [1.29, 1.82) is 0 Å². The zero-order valence-corrected chi connectivity index (χ0v) is 20.6. The highest BCUT2D eigenvalue weighted by Gasteiger charge is 2.33. The van der Waals surface area contributed by atoms with Gasteiger partial charge in [-0.15, -0.1) is 10.2 Å². The average Bonchev–Trinajstić information content (AvgIpc) is 3.50. The minimum atomic E-state index is -0.324. The number of fused-ring (bicyclic) bond motifs is 1. The first-order valence-corrected chi connectivity index (χ1v) is 11.7. The molecule has 184 valence electrons. The molecule has 4 aromatic rings. The van der Waals surface area contributed by atoms with Gasteiger partial charge in [0.2, 0.25) is 0 Å². The van der Waals surface area contributed by atoms with Crippen molar-refractivity contribution in [1.82, 2.24) is 30.0 Å². The molecule has 0 aliphatic carbocycles. The van der Waals surface area contributed by atoms with Gasteiger partial charge >= 0.3 is 0 Å². The van der Waals surface area contributed by atoms with E-state index in [1.807, 2.05) is 32.3 Å². The summed E-state index contributed by atoms with van der Waals surface area (Å²) < 4.78 is 15.1. The molecule has 0 saturated heterocycles. The summed E-state index contributed by atoms with van der Waals surface area (Å²) in [5.74, 6) is 1.32. The molecule has 36 heavy (non-hydrogen) atoms. The highest BCUT2D eigenvalue weighted by Crippen LogP contribution is 2.32. The molecule has 4 heterocycles. The molecular weight excluding hydrogens is 459 g/mol. The molecule has 1 aliphatic heterocycles. The predicted molar refractivity (Wildman–Crippen MR) is 136 cm³/mol. The van der Waals surface area contributed by atoms with E-state index in [0.717, 1.165) is 17.1 Å². The molecule has 1 amide bonds. The smallest absolute Gasteiger partial charge is 0.260 e. The zero-order valence-electron chi connectivity index (χ0n) is 20.6. The Balaban J connectivity index is 1.51. The molecular formula is C26H27FN8O. The third-order valence-corrected chi connectivity index (χ3v) is 6.36. The molecule has 0 saturated carbocycles. The van der Waals surface area contributed by atoms with Gasteiger partial charge in [0.15, 0.2) is 5.82 Å². The second kappa shape index (κ2) is 9.46. The van der Waals surface area contributed by atoms with Gasteiger partial charge in [-0.3, -0.25) is 14.3 Å². The van der Waals surface area contributed by atoms with Crippen LogP contribution in [0.15, 0.2) is 54.9 Å². The topological polar surface area (TPSA) is 92.1 Å². The number of anilines is 2. The number of nitrogens with one attached hydrogen (secondary N) is 1. The van der Waals surface area contributed by atoms with Gasteiger partial charge in [-0.1, -0.05) is 6.07 Å². The number of amides is 1. The molecule has 1 aromatic carbocycles. The monoisotopic (exact) mass is 486 g/mol. The minimum Gasteiger partial charge on any atom is -0.357 e. The lowest BCUT2D eigenvalue weighted by atomic mass is 10.1. The van der Waals surface area contributed by atoms with E-state index in [2.05, 4.69) is 34.3 Å². The SMILES string of the molecule is CNCc1nc(N(C)C(C)C)cc2c1CN(c1cccc(-c3nncn3-c3ccc(F)cc3)n1)C2=O. The Labute approximate surface area is 208 Å². The number of benzene rings is 1. The van der Waals surface area contributed by atoms with Crippen LogP contribution in [0.5, 0.6) is 0 Å². The van der Waals surface area contributed by atoms with Crippen molar-refractivity contribution in [2.24, 2.45) is 0 Å². The largest absolute Gasteiger partial charge is 0.357 e. The van der Waals surface area contributed by atoms with Gasteiger partial charge in [0.05, 0.1) is 17.8 Å². The lowest BCUT2D eigenvalue weighted by Gasteiger charge is -2.24. The number of carbonyl (C=O) groups is 1. The summed E-state index contributed by atoms with van der Waals surface area (Å²) in [7, 11) is 3.84. The Bertz CT molecular complexity index is 1420. The highest BCUT2D eigenvalue weighted by molar-refractivity contribution is 6.10. The van der Waals surface area contributed by atoms with E-state index in [9.17, 15) is 9.18 Å². The molecule has 10 heteroatoms. The number of hydrogen-bond acceptors (Lipinski definition) is 7. The second-order valence-electron chi connectivity index (χ2n) is 8.96. The van der Waals surface area contributed by atoms with Crippen molar-refractivity contribution in [3.63, 3.8) is 0 Å². The van der Waals surface area contributed by atoms with E-state index in [-0.39, 0.29) is 17.8 Å². The first kappa shape index (κ1) is 23.6. The van der Waals surface area contributed by atoms with Crippen LogP contribution in [0.2, 0.25) is 0 Å². The normalized spacial score (nSPS) is 12.9. The summed E-state index contributed by atoms with van der Waals surface area (Å²) in [6.07, 6.45) is 1.55. The van der Waals surface area contributed by atoms with Gasteiger partial charge in [0, 0.05) is 30.9 Å². The third-order valence-electron chi connectivity index (χ3n) is 6.36. The van der Waals surface area contributed by atoms with Gasteiger partial charge < -0.3 is 10.2 Å². The van der Waals surface area contributed by atoms with E-state index in [0.29, 0.717) is 41.7 Å². The predicted octanol–water partition coefficient (Wildman–Crippen LogP) is 3.59. The molecule has 0 radical (unpaired) electrons. The summed E-state index contributed by atoms with van der Waals surface area (Å²) in [6, 6.07) is 13.6. The Morgan fingerprint density at radius 1 is 1.14 bits per heavy atom. The van der Waals surface area contributed by atoms with Crippen molar-refractivity contribution in [2.45, 2.75) is 33.0 Å². The van der Waals surface area contributed by atoms with Crippen LogP contribution in [0.4, 0.5) is 16.0 Å². The fourth-order valence-electron chi connectivity index (χ4n) is 4.19. The van der Waals surface area contributed by atoms with Gasteiger partial charge in [0.25, 0.3) is 5.91 Å². The number of pyridine rings is 2. The van der Waals surface area contributed by atoms with Gasteiger partial charge in [-0.25, -0.2) is 14.4 Å². The summed E-state index contributed by atoms with van der Waals surface area (Å²) in [4.78, 5) is 26.9. The molecule has 1 aliphatic rings. The second-order valence-corrected chi connectivity index (χ2v) is 8.96. The van der Waals surface area contributed by atoms with E-state index < -0.39 is 0 Å². The highest BCUT2D eigenvalue weighted by atomic mass is 19.1. The maximum Gasteiger partial charge on any atom is 0.260 e. The first-order chi connectivity index (χ1) is 17.4. The number of rotatable bonds is 7. The van der Waals surface area contributed by atoms with E-state index in [1.54, 1.807) is 34.0 Å². The van der Waals surface area contributed by atoms with Crippen LogP contribution in [0.1, 0.15) is 35.5 Å². The maximum absolute atomic E-state index is 13.6. The first-order valence-electron chi connectivity index (χ1n) is 11.7. The standard InChI is InChI=1S/C26H27FN8O/c1-16(2)33(4)24-12-19-20(22(31-24)13-28-3)14-34(26(19)36)23-7-5-6-21(30-23)25-32-29-15-35(25)18-10-8-17(27)9-11-18/h5-12,15-16,28H,13-14H2,1-4H3. The molecule has 5 rings (SSSR count). The number of hydrogen-bond donors (Lipinski definition) is 1. The molecule has 1 N–H and O–H groups in total. The molecule has 9 nitrogen and oxygen atoms in total. The summed E-state index contributed by atoms with van der Waals surface area (Å²) >= 11 is 0. The van der Waals surface area contributed by atoms with E-state index in [1.165, 1.54) is 12.1 Å². The van der Waals surface area contributed by atoms with Crippen LogP contribution >= 0.6 is 0 Å². The van der Waals surface area contributed by atoms with Gasteiger partial charge in [0.1, 0.15) is 29.5 Å². The lowest BCUT2D eigenvalue weighted by molar-refractivity contribution is 0.0996. The molecule has 3 aromatic heterocycles. The van der Waals surface area contributed by atoms with Crippen LogP contribution in [0.3, 0.4) is 0 Å². The van der Waals surface area contributed by atoms with Crippen molar-refractivity contribution < 1.29 is 9.18 Å². The van der Waals surface area contributed by atoms with Crippen LogP contribution < -0.4 is 15.1 Å². The van der Waals surface area contributed by atoms with Crippen molar-refractivity contribution in [3.8, 4) is 17.2 Å². The van der Waals surface area contributed by atoms with Crippen LogP contribution in [-0.4, -0.2) is 50.8 Å². The van der Waals surface area contributed by atoms with E-state index in [4.69, 9.17) is 9.97 Å². The van der Waals surface area contributed by atoms with Gasteiger partial charge in [-0.2, -0.15) is 0 Å². The Morgan fingerprint density at radius 3 is 2.64 bits per heavy atom. The molecule has 0 spiro atoms.